The van der Waals surface area contributed by atoms with E-state index in [1.54, 1.807) is 0 Å². The highest BCUT2D eigenvalue weighted by Crippen LogP contribution is 2.58. The minimum atomic E-state index is 0.269. The van der Waals surface area contributed by atoms with Gasteiger partial charge in [-0.25, -0.2) is 0 Å². The van der Waals surface area contributed by atoms with Crippen molar-refractivity contribution >= 4 is 0 Å². The Kier molecular flexibility index (Phi) is 3.09. The highest BCUT2D eigenvalue weighted by atomic mass is 16.5. The van der Waals surface area contributed by atoms with E-state index in [2.05, 4.69) is 26.1 Å². The molecule has 0 radical (unpaired) electrons. The first kappa shape index (κ1) is 11.4. The first-order valence-corrected chi connectivity index (χ1v) is 6.35. The molecule has 0 aromatic heterocycles. The molecule has 1 aliphatic heterocycles. The second-order valence-corrected chi connectivity index (χ2v) is 6.36. The fourth-order valence-electron chi connectivity index (χ4n) is 2.79. The number of ether oxygens (including phenoxy) is 1. The Balaban J connectivity index is 1.78. The highest BCUT2D eigenvalue weighted by molar-refractivity contribution is 5.03. The van der Waals surface area contributed by atoms with E-state index in [-0.39, 0.29) is 5.54 Å². The molecule has 15 heavy (non-hydrogen) atoms. The van der Waals surface area contributed by atoms with Crippen LogP contribution in [0.5, 0.6) is 0 Å². The van der Waals surface area contributed by atoms with E-state index in [1.807, 2.05) is 0 Å². The quantitative estimate of drug-likeness (QED) is 0.758. The molecular formula is C13H25NO. The predicted molar refractivity (Wildman–Crippen MR) is 63.0 cm³/mol. The SMILES string of the molecule is CC(C)(C)NCC1CC12CCCOCC2. The molecule has 2 atom stereocenters. The van der Waals surface area contributed by atoms with E-state index < -0.39 is 0 Å². The molecule has 1 aliphatic carbocycles. The molecule has 88 valence electrons. The van der Waals surface area contributed by atoms with Crippen molar-refractivity contribution in [3.63, 3.8) is 0 Å². The summed E-state index contributed by atoms with van der Waals surface area (Å²) in [4.78, 5) is 0. The molecular weight excluding hydrogens is 186 g/mol. The van der Waals surface area contributed by atoms with Gasteiger partial charge in [0, 0.05) is 18.8 Å². The maximum atomic E-state index is 5.54. The summed E-state index contributed by atoms with van der Waals surface area (Å²) < 4.78 is 5.54. The fraction of sp³-hybridized carbons (Fsp3) is 1.00. The van der Waals surface area contributed by atoms with E-state index in [0.717, 1.165) is 19.1 Å². The summed E-state index contributed by atoms with van der Waals surface area (Å²) in [5.41, 5.74) is 0.930. The molecule has 1 N–H and O–H groups in total. The predicted octanol–water partition coefficient (Wildman–Crippen LogP) is 2.58. The highest BCUT2D eigenvalue weighted by Gasteiger charge is 2.52. The van der Waals surface area contributed by atoms with Crippen molar-refractivity contribution in [2.45, 2.75) is 52.0 Å². The molecule has 2 fully saturated rings. The molecule has 0 aromatic carbocycles. The average Bonchev–Trinajstić information content (AvgIpc) is 2.87. The molecule has 1 saturated carbocycles. The van der Waals surface area contributed by atoms with Gasteiger partial charge in [-0.2, -0.15) is 0 Å². The first-order valence-electron chi connectivity index (χ1n) is 6.35. The van der Waals surface area contributed by atoms with E-state index >= 15 is 0 Å². The lowest BCUT2D eigenvalue weighted by Crippen LogP contribution is -2.37. The zero-order chi connectivity index (χ0) is 10.9. The molecule has 2 aliphatic rings. The number of hydrogen-bond donors (Lipinski definition) is 1. The van der Waals surface area contributed by atoms with E-state index in [0.29, 0.717) is 5.41 Å². The molecule has 0 amide bonds. The van der Waals surface area contributed by atoms with Gasteiger partial charge in [-0.3, -0.25) is 0 Å². The van der Waals surface area contributed by atoms with E-state index in [4.69, 9.17) is 4.74 Å². The zero-order valence-electron chi connectivity index (χ0n) is 10.4. The van der Waals surface area contributed by atoms with Gasteiger partial charge in [-0.15, -0.1) is 0 Å². The van der Waals surface area contributed by atoms with Crippen LogP contribution in [0.4, 0.5) is 0 Å². The third-order valence-electron chi connectivity index (χ3n) is 3.95. The van der Waals surface area contributed by atoms with E-state index in [9.17, 15) is 0 Å². The van der Waals surface area contributed by atoms with Crippen molar-refractivity contribution in [3.05, 3.63) is 0 Å². The molecule has 2 rings (SSSR count). The van der Waals surface area contributed by atoms with Gasteiger partial charge >= 0.3 is 0 Å². The van der Waals surface area contributed by atoms with Crippen LogP contribution in [0.15, 0.2) is 0 Å². The summed E-state index contributed by atoms with van der Waals surface area (Å²) in [6, 6.07) is 0. The van der Waals surface area contributed by atoms with Crippen molar-refractivity contribution in [2.75, 3.05) is 19.8 Å². The number of rotatable bonds is 2. The summed E-state index contributed by atoms with van der Waals surface area (Å²) in [6.45, 7) is 9.92. The van der Waals surface area contributed by atoms with Crippen LogP contribution in [0.2, 0.25) is 0 Å². The van der Waals surface area contributed by atoms with Gasteiger partial charge < -0.3 is 10.1 Å². The third kappa shape index (κ3) is 2.94. The molecule has 0 bridgehead atoms. The van der Waals surface area contributed by atoms with Crippen LogP contribution in [-0.2, 0) is 4.74 Å². The second kappa shape index (κ2) is 4.06. The smallest absolute Gasteiger partial charge is 0.0471 e. The maximum Gasteiger partial charge on any atom is 0.0471 e. The Bertz CT molecular complexity index is 211. The minimum Gasteiger partial charge on any atom is -0.381 e. The van der Waals surface area contributed by atoms with Crippen molar-refractivity contribution in [1.82, 2.24) is 5.32 Å². The van der Waals surface area contributed by atoms with Crippen LogP contribution in [0.3, 0.4) is 0 Å². The molecule has 1 saturated heterocycles. The minimum absolute atomic E-state index is 0.269. The molecule has 2 unspecified atom stereocenters. The lowest BCUT2D eigenvalue weighted by atomic mass is 9.94. The van der Waals surface area contributed by atoms with Crippen molar-refractivity contribution in [1.29, 1.82) is 0 Å². The Morgan fingerprint density at radius 2 is 2.07 bits per heavy atom. The summed E-state index contributed by atoms with van der Waals surface area (Å²) >= 11 is 0. The van der Waals surface area contributed by atoms with Gasteiger partial charge in [0.15, 0.2) is 0 Å². The summed E-state index contributed by atoms with van der Waals surface area (Å²) in [5, 5.41) is 3.63. The Morgan fingerprint density at radius 3 is 2.80 bits per heavy atom. The fourth-order valence-corrected chi connectivity index (χ4v) is 2.79. The van der Waals surface area contributed by atoms with E-state index in [1.165, 1.54) is 32.2 Å². The van der Waals surface area contributed by atoms with Gasteiger partial charge in [0.2, 0.25) is 0 Å². The van der Waals surface area contributed by atoms with Crippen molar-refractivity contribution in [3.8, 4) is 0 Å². The first-order chi connectivity index (χ1) is 7.02. The van der Waals surface area contributed by atoms with Gasteiger partial charge in [0.05, 0.1) is 0 Å². The second-order valence-electron chi connectivity index (χ2n) is 6.36. The molecule has 0 aromatic rings. The topological polar surface area (TPSA) is 21.3 Å². The maximum absolute atomic E-state index is 5.54. The van der Waals surface area contributed by atoms with Crippen molar-refractivity contribution in [2.24, 2.45) is 11.3 Å². The molecule has 2 heteroatoms. The van der Waals surface area contributed by atoms with Crippen LogP contribution < -0.4 is 5.32 Å². The summed E-state index contributed by atoms with van der Waals surface area (Å²) in [6.07, 6.45) is 5.39. The monoisotopic (exact) mass is 211 g/mol. The molecule has 1 spiro atoms. The number of nitrogens with one attached hydrogen (secondary N) is 1. The third-order valence-corrected chi connectivity index (χ3v) is 3.95. The Morgan fingerprint density at radius 1 is 1.27 bits per heavy atom. The van der Waals surface area contributed by atoms with Crippen LogP contribution in [0, 0.1) is 11.3 Å². The zero-order valence-corrected chi connectivity index (χ0v) is 10.4. The van der Waals surface area contributed by atoms with Gasteiger partial charge in [-0.05, 0) is 64.3 Å². The summed E-state index contributed by atoms with van der Waals surface area (Å²) in [5.74, 6) is 0.915. The van der Waals surface area contributed by atoms with Crippen LogP contribution >= 0.6 is 0 Å². The standard InChI is InChI=1S/C13H25NO/c1-12(2,3)14-10-11-9-13(11)5-4-7-15-8-6-13/h11,14H,4-10H2,1-3H3. The van der Waals surface area contributed by atoms with Crippen molar-refractivity contribution < 1.29 is 4.74 Å². The lowest BCUT2D eigenvalue weighted by molar-refractivity contribution is 0.139. The van der Waals surface area contributed by atoms with Gasteiger partial charge in [-0.1, -0.05) is 0 Å². The molecule has 2 nitrogen and oxygen atoms in total. The van der Waals surface area contributed by atoms with Gasteiger partial charge in [0.25, 0.3) is 0 Å². The normalized spacial score (nSPS) is 36.6. The molecule has 1 heterocycles. The van der Waals surface area contributed by atoms with Crippen LogP contribution in [0.1, 0.15) is 46.5 Å². The van der Waals surface area contributed by atoms with Crippen LogP contribution in [0.25, 0.3) is 0 Å². The van der Waals surface area contributed by atoms with Crippen LogP contribution in [-0.4, -0.2) is 25.3 Å². The van der Waals surface area contributed by atoms with Gasteiger partial charge in [0.1, 0.15) is 0 Å². The number of hydrogen-bond acceptors (Lipinski definition) is 2. The lowest BCUT2D eigenvalue weighted by Gasteiger charge is -2.22. The summed E-state index contributed by atoms with van der Waals surface area (Å²) in [7, 11) is 0. The average molecular weight is 211 g/mol. The Labute approximate surface area is 93.8 Å². The Hall–Kier alpha value is -0.0800. The largest absolute Gasteiger partial charge is 0.381 e.